The summed E-state index contributed by atoms with van der Waals surface area (Å²) in [4.78, 5) is 0. The van der Waals surface area contributed by atoms with E-state index in [0.29, 0.717) is 0 Å². The van der Waals surface area contributed by atoms with Gasteiger partial charge in [0.1, 0.15) is 0 Å². The van der Waals surface area contributed by atoms with Gasteiger partial charge in [-0.2, -0.15) is 0 Å². The molecule has 0 aromatic carbocycles. The number of rotatable bonds is 4. The fourth-order valence-corrected chi connectivity index (χ4v) is 0.787. The van der Waals surface area contributed by atoms with Crippen molar-refractivity contribution in [3.05, 3.63) is 22.3 Å². The Hall–Kier alpha value is 0.210. The Morgan fingerprint density at radius 1 is 1.67 bits per heavy atom. The molecule has 9 heavy (non-hydrogen) atoms. The van der Waals surface area contributed by atoms with Crippen LogP contribution in [-0.2, 0) is 0 Å². The molecule has 0 aliphatic carbocycles. The highest BCUT2D eigenvalue weighted by atomic mass is 127. The molecule has 0 atom stereocenters. The summed E-state index contributed by atoms with van der Waals surface area (Å²) in [5, 5.41) is 0. The van der Waals surface area contributed by atoms with Crippen molar-refractivity contribution >= 4 is 22.6 Å². The number of hydrogen-bond acceptors (Lipinski definition) is 0. The van der Waals surface area contributed by atoms with Crippen LogP contribution in [0.1, 0.15) is 26.2 Å². The van der Waals surface area contributed by atoms with Gasteiger partial charge >= 0.3 is 0 Å². The minimum atomic E-state index is 1.11. The Bertz CT molecular complexity index is 103. The number of hydrogen-bond donors (Lipinski definition) is 0. The minimum absolute atomic E-state index is 1.11. The minimum Gasteiger partial charge on any atom is -0.0856 e. The molecule has 0 saturated heterocycles. The lowest BCUT2D eigenvalue weighted by molar-refractivity contribution is 0.815. The molecular formula is C8H13I. The van der Waals surface area contributed by atoms with Crippen LogP contribution in [0.15, 0.2) is 22.3 Å². The topological polar surface area (TPSA) is 0 Å². The summed E-state index contributed by atoms with van der Waals surface area (Å²) in [5.74, 6) is 0. The van der Waals surface area contributed by atoms with Crippen LogP contribution in [0.5, 0.6) is 0 Å². The summed E-state index contributed by atoms with van der Waals surface area (Å²) < 4.78 is 1.11. The molecule has 0 aliphatic heterocycles. The summed E-state index contributed by atoms with van der Waals surface area (Å²) in [6.45, 7) is 5.95. The van der Waals surface area contributed by atoms with Gasteiger partial charge in [-0.25, -0.2) is 0 Å². The van der Waals surface area contributed by atoms with E-state index in [4.69, 9.17) is 0 Å². The van der Waals surface area contributed by atoms with E-state index in [1.165, 1.54) is 19.3 Å². The third kappa shape index (κ3) is 8.21. The maximum atomic E-state index is 3.75. The van der Waals surface area contributed by atoms with Crippen molar-refractivity contribution in [2.45, 2.75) is 26.2 Å². The predicted octanol–water partition coefficient (Wildman–Crippen LogP) is 3.68. The molecule has 0 aromatic heterocycles. The predicted molar refractivity (Wildman–Crippen MR) is 51.8 cm³/mol. The van der Waals surface area contributed by atoms with Gasteiger partial charge in [0.15, 0.2) is 0 Å². The van der Waals surface area contributed by atoms with Gasteiger partial charge in [-0.1, -0.05) is 38.5 Å². The van der Waals surface area contributed by atoms with Crippen molar-refractivity contribution in [1.82, 2.24) is 0 Å². The second-order valence-corrected chi connectivity index (χ2v) is 3.38. The smallest absolute Gasteiger partial charge is 0.00548 e. The van der Waals surface area contributed by atoms with Gasteiger partial charge in [-0.3, -0.25) is 0 Å². The van der Waals surface area contributed by atoms with Gasteiger partial charge in [-0.05, 0) is 29.0 Å². The molecule has 0 radical (unpaired) electrons. The van der Waals surface area contributed by atoms with Crippen molar-refractivity contribution in [3.63, 3.8) is 0 Å². The summed E-state index contributed by atoms with van der Waals surface area (Å²) in [6.07, 6.45) is 8.01. The zero-order valence-corrected chi connectivity index (χ0v) is 8.02. The Morgan fingerprint density at radius 2 is 2.33 bits per heavy atom. The van der Waals surface area contributed by atoms with Crippen LogP contribution < -0.4 is 0 Å². The molecule has 0 amide bonds. The highest BCUT2D eigenvalue weighted by molar-refractivity contribution is 14.1. The van der Waals surface area contributed by atoms with Gasteiger partial charge in [0.25, 0.3) is 0 Å². The van der Waals surface area contributed by atoms with Crippen LogP contribution >= 0.6 is 22.6 Å². The van der Waals surface area contributed by atoms with E-state index in [-0.39, 0.29) is 0 Å². The lowest BCUT2D eigenvalue weighted by Gasteiger charge is -1.86. The molecular weight excluding hydrogens is 223 g/mol. The average Bonchev–Trinajstić information content (AvgIpc) is 1.80. The summed E-state index contributed by atoms with van der Waals surface area (Å²) >= 11 is 2.21. The first kappa shape index (κ1) is 9.21. The van der Waals surface area contributed by atoms with Crippen molar-refractivity contribution in [1.29, 1.82) is 0 Å². The number of allylic oxidation sites excluding steroid dienone is 3. The molecule has 0 saturated carbocycles. The summed E-state index contributed by atoms with van der Waals surface area (Å²) in [5.41, 5.74) is 0. The Balaban J connectivity index is 3.15. The third-order valence-corrected chi connectivity index (χ3v) is 1.38. The van der Waals surface area contributed by atoms with Gasteiger partial charge < -0.3 is 0 Å². The molecule has 0 unspecified atom stereocenters. The van der Waals surface area contributed by atoms with E-state index < -0.39 is 0 Å². The van der Waals surface area contributed by atoms with Crippen molar-refractivity contribution < 1.29 is 0 Å². The average molecular weight is 236 g/mol. The second-order valence-electron chi connectivity index (χ2n) is 1.99. The molecule has 0 aliphatic rings. The highest BCUT2D eigenvalue weighted by Crippen LogP contribution is 2.04. The quantitative estimate of drug-likeness (QED) is 0.396. The van der Waals surface area contributed by atoms with Crippen LogP contribution in [0.3, 0.4) is 0 Å². The highest BCUT2D eigenvalue weighted by Gasteiger charge is 1.77. The zero-order valence-electron chi connectivity index (χ0n) is 5.86. The largest absolute Gasteiger partial charge is 0.0856 e. The number of halogens is 1. The van der Waals surface area contributed by atoms with Gasteiger partial charge in [-0.15, -0.1) is 0 Å². The first-order valence-electron chi connectivity index (χ1n) is 3.28. The first-order valence-corrected chi connectivity index (χ1v) is 4.36. The molecule has 0 spiro atoms. The van der Waals surface area contributed by atoms with E-state index in [0.717, 1.165) is 3.58 Å². The molecule has 0 rings (SSSR count). The maximum Gasteiger partial charge on any atom is 0.00548 e. The monoisotopic (exact) mass is 236 g/mol. The Kier molecular flexibility index (Phi) is 6.48. The summed E-state index contributed by atoms with van der Waals surface area (Å²) in [6, 6.07) is 0. The van der Waals surface area contributed by atoms with Crippen LogP contribution in [0.2, 0.25) is 0 Å². The van der Waals surface area contributed by atoms with Gasteiger partial charge in [0.2, 0.25) is 0 Å². The SMILES string of the molecule is C=C(I)C=CCCCC. The number of unbranched alkanes of at least 4 members (excludes halogenated alkanes) is 2. The lowest BCUT2D eigenvalue weighted by atomic mass is 10.2. The van der Waals surface area contributed by atoms with E-state index in [9.17, 15) is 0 Å². The standard InChI is InChI=1S/C8H13I/c1-3-4-5-6-7-8(2)9/h6-7H,2-5H2,1H3. The Labute approximate surface area is 71.2 Å². The molecule has 1 heteroatoms. The normalized spacial score (nSPS) is 10.4. The zero-order chi connectivity index (χ0) is 7.11. The fourth-order valence-electron chi connectivity index (χ4n) is 0.533. The van der Waals surface area contributed by atoms with Crippen LogP contribution in [0.25, 0.3) is 0 Å². The van der Waals surface area contributed by atoms with Crippen LogP contribution in [0, 0.1) is 0 Å². The Morgan fingerprint density at radius 3 is 2.78 bits per heavy atom. The first-order chi connectivity index (χ1) is 4.27. The molecule has 0 aromatic rings. The van der Waals surface area contributed by atoms with Crippen molar-refractivity contribution in [2.75, 3.05) is 0 Å². The van der Waals surface area contributed by atoms with Crippen molar-refractivity contribution in [3.8, 4) is 0 Å². The lowest BCUT2D eigenvalue weighted by Crippen LogP contribution is -1.65. The van der Waals surface area contributed by atoms with E-state index >= 15 is 0 Å². The third-order valence-electron chi connectivity index (χ3n) is 1.02. The fraction of sp³-hybridized carbons (Fsp3) is 0.500. The van der Waals surface area contributed by atoms with Crippen LogP contribution in [-0.4, -0.2) is 0 Å². The van der Waals surface area contributed by atoms with E-state index in [2.05, 4.69) is 48.2 Å². The molecule has 0 nitrogen and oxygen atoms in total. The van der Waals surface area contributed by atoms with E-state index in [1.54, 1.807) is 0 Å². The second kappa shape index (κ2) is 6.33. The van der Waals surface area contributed by atoms with E-state index in [1.807, 2.05) is 0 Å². The summed E-state index contributed by atoms with van der Waals surface area (Å²) in [7, 11) is 0. The maximum absolute atomic E-state index is 3.75. The molecule has 0 fully saturated rings. The van der Waals surface area contributed by atoms with Gasteiger partial charge in [0.05, 0.1) is 0 Å². The van der Waals surface area contributed by atoms with Crippen molar-refractivity contribution in [2.24, 2.45) is 0 Å². The molecule has 0 N–H and O–H groups in total. The van der Waals surface area contributed by atoms with Gasteiger partial charge in [0, 0.05) is 3.58 Å². The molecule has 0 heterocycles. The van der Waals surface area contributed by atoms with Crippen LogP contribution in [0.4, 0.5) is 0 Å². The molecule has 0 bridgehead atoms. The molecule has 52 valence electrons.